The molecule has 1 aromatic carbocycles. The summed E-state index contributed by atoms with van der Waals surface area (Å²) in [5.74, 6) is -0.316. The minimum Gasteiger partial charge on any atom is -0.493 e. The highest BCUT2D eigenvalue weighted by molar-refractivity contribution is 5.83. The maximum absolute atomic E-state index is 10.9. The highest BCUT2D eigenvalue weighted by atomic mass is 16.5. The maximum atomic E-state index is 10.9. The summed E-state index contributed by atoms with van der Waals surface area (Å²) in [5.41, 5.74) is 2.92. The van der Waals surface area contributed by atoms with Crippen molar-refractivity contribution >= 4 is 11.7 Å². The molecule has 1 aliphatic heterocycles. The van der Waals surface area contributed by atoms with Gasteiger partial charge in [-0.25, -0.2) is 14.3 Å². The van der Waals surface area contributed by atoms with Gasteiger partial charge in [-0.2, -0.15) is 4.98 Å². The first-order valence-corrected chi connectivity index (χ1v) is 6.93. The van der Waals surface area contributed by atoms with Crippen LogP contribution in [0.4, 0.5) is 0 Å². The van der Waals surface area contributed by atoms with Crippen LogP contribution in [0.5, 0.6) is 5.75 Å². The minimum absolute atomic E-state index is 0.256. The lowest BCUT2D eigenvalue weighted by molar-refractivity contribution is 0.0684. The molecule has 7 heteroatoms. The van der Waals surface area contributed by atoms with Crippen LogP contribution in [-0.2, 0) is 6.42 Å². The van der Waals surface area contributed by atoms with Gasteiger partial charge in [-0.05, 0) is 18.4 Å². The molecule has 1 N–H and O–H groups in total. The van der Waals surface area contributed by atoms with Gasteiger partial charge in [0.15, 0.2) is 0 Å². The van der Waals surface area contributed by atoms with Crippen molar-refractivity contribution in [2.45, 2.75) is 12.8 Å². The number of nitrogens with zero attached hydrogens (tertiary/aromatic N) is 4. The van der Waals surface area contributed by atoms with Crippen LogP contribution in [0.15, 0.2) is 30.6 Å². The molecule has 0 saturated heterocycles. The summed E-state index contributed by atoms with van der Waals surface area (Å²) in [4.78, 5) is 19.0. The number of rotatable bonds is 2. The molecule has 7 nitrogen and oxygen atoms in total. The molecular weight excluding hydrogens is 284 g/mol. The summed E-state index contributed by atoms with van der Waals surface area (Å²) in [7, 11) is 0. The van der Waals surface area contributed by atoms with Crippen LogP contribution in [0.1, 0.15) is 22.6 Å². The molecule has 0 saturated carbocycles. The van der Waals surface area contributed by atoms with E-state index in [9.17, 15) is 4.79 Å². The second-order valence-corrected chi connectivity index (χ2v) is 5.07. The van der Waals surface area contributed by atoms with Crippen molar-refractivity contribution < 1.29 is 14.6 Å². The molecule has 3 aromatic rings. The van der Waals surface area contributed by atoms with E-state index in [0.29, 0.717) is 6.61 Å². The molecule has 3 heterocycles. The lowest BCUT2D eigenvalue weighted by Crippen LogP contribution is -2.09. The summed E-state index contributed by atoms with van der Waals surface area (Å²) in [6.07, 6.45) is 5.38. The number of carbonyl (C=O) groups is 1. The van der Waals surface area contributed by atoms with Crippen LogP contribution in [-0.4, -0.2) is 37.3 Å². The number of carboxylic acid groups (broad SMARTS) is 1. The molecule has 0 unspecified atom stereocenters. The van der Waals surface area contributed by atoms with E-state index < -0.39 is 5.97 Å². The van der Waals surface area contributed by atoms with Crippen molar-refractivity contribution in [3.05, 3.63) is 42.0 Å². The average Bonchev–Trinajstić information content (AvgIpc) is 2.98. The third-order valence-electron chi connectivity index (χ3n) is 3.63. The van der Waals surface area contributed by atoms with Gasteiger partial charge in [0.2, 0.25) is 0 Å². The van der Waals surface area contributed by atoms with E-state index in [0.717, 1.165) is 29.7 Å². The van der Waals surface area contributed by atoms with Crippen molar-refractivity contribution in [2.24, 2.45) is 0 Å². The smallest absolute Gasteiger partial charge is 0.375 e. The van der Waals surface area contributed by atoms with E-state index in [4.69, 9.17) is 9.84 Å². The Bertz CT molecular complexity index is 888. The molecule has 1 aliphatic rings. The topological polar surface area (TPSA) is 89.6 Å². The number of aromatic carboxylic acids is 1. The molecule has 110 valence electrons. The van der Waals surface area contributed by atoms with Crippen molar-refractivity contribution in [3.8, 4) is 16.9 Å². The number of fused-ring (bicyclic) bond motifs is 2. The molecule has 2 aromatic heterocycles. The van der Waals surface area contributed by atoms with E-state index in [1.807, 2.05) is 12.1 Å². The Balaban J connectivity index is 1.86. The monoisotopic (exact) mass is 296 g/mol. The number of aryl methyl sites for hydroxylation is 1. The zero-order chi connectivity index (χ0) is 15.1. The summed E-state index contributed by atoms with van der Waals surface area (Å²) in [5, 5.41) is 12.9. The fourth-order valence-electron chi connectivity index (χ4n) is 2.63. The Hall–Kier alpha value is -2.96. The van der Waals surface area contributed by atoms with Crippen LogP contribution in [0.2, 0.25) is 0 Å². The Labute approximate surface area is 125 Å². The SMILES string of the molecule is O=C(O)c1nc2ncc(-c3cccc4c3OCCC4)cn2n1. The molecule has 0 fully saturated rings. The second-order valence-electron chi connectivity index (χ2n) is 5.07. The van der Waals surface area contributed by atoms with Crippen LogP contribution in [0.25, 0.3) is 16.9 Å². The van der Waals surface area contributed by atoms with Crippen LogP contribution in [0, 0.1) is 0 Å². The summed E-state index contributed by atoms with van der Waals surface area (Å²) in [6, 6.07) is 6.00. The number of benzene rings is 1. The number of hydrogen-bond acceptors (Lipinski definition) is 5. The number of para-hydroxylation sites is 1. The highest BCUT2D eigenvalue weighted by Gasteiger charge is 2.17. The van der Waals surface area contributed by atoms with E-state index in [1.165, 1.54) is 10.1 Å². The third-order valence-corrected chi connectivity index (χ3v) is 3.63. The van der Waals surface area contributed by atoms with E-state index in [2.05, 4.69) is 21.1 Å². The van der Waals surface area contributed by atoms with Gasteiger partial charge in [0.05, 0.1) is 6.61 Å². The standard InChI is InChI=1S/C15H12N4O3/c20-14(21)13-17-15-16-7-10(8-19(15)18-13)11-5-1-3-9-4-2-6-22-12(9)11/h1,3,5,7-8H,2,4,6H2,(H,20,21). The molecular formula is C15H12N4O3. The fourth-order valence-corrected chi connectivity index (χ4v) is 2.63. The van der Waals surface area contributed by atoms with Crippen molar-refractivity contribution in [2.75, 3.05) is 6.61 Å². The van der Waals surface area contributed by atoms with Gasteiger partial charge in [-0.3, -0.25) is 0 Å². The number of carboxylic acids is 1. The Morgan fingerprint density at radius 2 is 2.27 bits per heavy atom. The van der Waals surface area contributed by atoms with Crippen LogP contribution < -0.4 is 4.74 Å². The lowest BCUT2D eigenvalue weighted by atomic mass is 9.99. The molecule has 22 heavy (non-hydrogen) atoms. The predicted molar refractivity (Wildman–Crippen MR) is 77.0 cm³/mol. The third kappa shape index (κ3) is 1.98. The lowest BCUT2D eigenvalue weighted by Gasteiger charge is -2.20. The summed E-state index contributed by atoms with van der Waals surface area (Å²) >= 11 is 0. The Morgan fingerprint density at radius 1 is 1.36 bits per heavy atom. The molecule has 0 spiro atoms. The van der Waals surface area contributed by atoms with Gasteiger partial charge in [0.25, 0.3) is 11.6 Å². The van der Waals surface area contributed by atoms with Gasteiger partial charge in [0.1, 0.15) is 5.75 Å². The van der Waals surface area contributed by atoms with E-state index in [1.54, 1.807) is 12.4 Å². The van der Waals surface area contributed by atoms with Gasteiger partial charge >= 0.3 is 5.97 Å². The van der Waals surface area contributed by atoms with Crippen molar-refractivity contribution in [1.82, 2.24) is 19.6 Å². The first kappa shape index (κ1) is 12.8. The Morgan fingerprint density at radius 3 is 3.14 bits per heavy atom. The van der Waals surface area contributed by atoms with E-state index >= 15 is 0 Å². The van der Waals surface area contributed by atoms with Crippen LogP contribution >= 0.6 is 0 Å². The fraction of sp³-hybridized carbons (Fsp3) is 0.200. The van der Waals surface area contributed by atoms with E-state index in [-0.39, 0.29) is 11.6 Å². The molecule has 0 aliphatic carbocycles. The average molecular weight is 296 g/mol. The van der Waals surface area contributed by atoms with Crippen molar-refractivity contribution in [3.63, 3.8) is 0 Å². The highest BCUT2D eigenvalue weighted by Crippen LogP contribution is 2.35. The zero-order valence-electron chi connectivity index (χ0n) is 11.6. The zero-order valence-corrected chi connectivity index (χ0v) is 11.6. The maximum Gasteiger partial charge on any atom is 0.375 e. The van der Waals surface area contributed by atoms with Gasteiger partial charge in [-0.1, -0.05) is 18.2 Å². The molecule has 0 atom stereocenters. The first-order valence-electron chi connectivity index (χ1n) is 6.93. The number of hydrogen-bond donors (Lipinski definition) is 1. The summed E-state index contributed by atoms with van der Waals surface area (Å²) < 4.78 is 7.17. The minimum atomic E-state index is -1.17. The summed E-state index contributed by atoms with van der Waals surface area (Å²) in [6.45, 7) is 0.701. The number of ether oxygens (including phenoxy) is 1. The van der Waals surface area contributed by atoms with Gasteiger partial charge < -0.3 is 9.84 Å². The van der Waals surface area contributed by atoms with Gasteiger partial charge in [-0.15, -0.1) is 5.10 Å². The predicted octanol–water partition coefficient (Wildman–Crippen LogP) is 1.81. The van der Waals surface area contributed by atoms with Crippen molar-refractivity contribution in [1.29, 1.82) is 0 Å². The Kier molecular flexibility index (Phi) is 2.78. The molecule has 0 radical (unpaired) electrons. The van der Waals surface area contributed by atoms with Crippen LogP contribution in [0.3, 0.4) is 0 Å². The first-order chi connectivity index (χ1) is 10.7. The normalized spacial score (nSPS) is 13.6. The molecule has 4 rings (SSSR count). The number of aromatic nitrogens is 4. The quantitative estimate of drug-likeness (QED) is 0.775. The van der Waals surface area contributed by atoms with Gasteiger partial charge in [0, 0.05) is 23.5 Å². The largest absolute Gasteiger partial charge is 0.493 e. The molecule has 0 bridgehead atoms. The second kappa shape index (κ2) is 4.80. The molecule has 0 amide bonds.